The van der Waals surface area contributed by atoms with Crippen LogP contribution in [0.4, 0.5) is 0 Å². The summed E-state index contributed by atoms with van der Waals surface area (Å²) >= 11 is 0. The molecule has 2 heteroatoms. The Bertz CT molecular complexity index is 718. The lowest BCUT2D eigenvalue weighted by atomic mass is 9.97. The van der Waals surface area contributed by atoms with Gasteiger partial charge in [-0.25, -0.2) is 0 Å². The number of rotatable bonds is 2. The van der Waals surface area contributed by atoms with E-state index < -0.39 is 5.41 Å². The summed E-state index contributed by atoms with van der Waals surface area (Å²) in [5.74, 6) is -0.168. The first-order chi connectivity index (χ1) is 9.45. The van der Waals surface area contributed by atoms with Crippen LogP contribution in [0.5, 0.6) is 0 Å². The first kappa shape index (κ1) is 12.9. The molecule has 2 aromatic rings. The smallest absolute Gasteiger partial charge is 0.311 e. The quantitative estimate of drug-likeness (QED) is 0.642. The maximum atomic E-state index is 11.8. The maximum absolute atomic E-state index is 11.8. The lowest BCUT2D eigenvalue weighted by molar-refractivity contribution is -0.154. The Labute approximate surface area is 119 Å². The Hall–Kier alpha value is -2.09. The summed E-state index contributed by atoms with van der Waals surface area (Å²) in [6.07, 6.45) is 4.25. The van der Waals surface area contributed by atoms with Gasteiger partial charge in [-0.2, -0.15) is 0 Å². The van der Waals surface area contributed by atoms with Crippen LogP contribution in [-0.2, 0) is 16.1 Å². The fourth-order valence-electron chi connectivity index (χ4n) is 2.45. The lowest BCUT2D eigenvalue weighted by Crippen LogP contribution is -2.22. The molecule has 102 valence electrons. The summed E-state index contributed by atoms with van der Waals surface area (Å²) < 4.78 is 5.39. The van der Waals surface area contributed by atoms with Crippen LogP contribution in [0, 0.1) is 5.41 Å². The summed E-state index contributed by atoms with van der Waals surface area (Å²) in [5, 5.41) is 2.49. The van der Waals surface area contributed by atoms with E-state index in [-0.39, 0.29) is 5.97 Å². The van der Waals surface area contributed by atoms with Crippen LogP contribution in [0.1, 0.15) is 37.5 Å². The fourth-order valence-corrected chi connectivity index (χ4v) is 2.45. The van der Waals surface area contributed by atoms with E-state index in [0.717, 1.165) is 5.56 Å². The second kappa shape index (κ2) is 4.48. The fraction of sp³-hybridized carbons (Fsp3) is 0.278. The SMILES string of the molecule is CC(C)(C)C(=O)OCc1cc2c3c(cccc3c1)C=C2. The number of ether oxygens (including phenoxy) is 1. The predicted molar refractivity (Wildman–Crippen MR) is 82.1 cm³/mol. The Morgan fingerprint density at radius 2 is 1.85 bits per heavy atom. The Balaban J connectivity index is 1.88. The van der Waals surface area contributed by atoms with Crippen molar-refractivity contribution in [2.75, 3.05) is 0 Å². The van der Waals surface area contributed by atoms with Gasteiger partial charge in [-0.1, -0.05) is 30.4 Å². The minimum atomic E-state index is -0.458. The predicted octanol–water partition coefficient (Wildman–Crippen LogP) is 4.41. The van der Waals surface area contributed by atoms with Crippen molar-refractivity contribution < 1.29 is 9.53 Å². The Kier molecular flexibility index (Phi) is 2.89. The minimum absolute atomic E-state index is 0.168. The van der Waals surface area contributed by atoms with Gasteiger partial charge in [0.05, 0.1) is 5.41 Å². The van der Waals surface area contributed by atoms with E-state index in [1.165, 1.54) is 21.9 Å². The third-order valence-corrected chi connectivity index (χ3v) is 3.52. The molecule has 0 amide bonds. The number of carbonyl (C=O) groups is 1. The van der Waals surface area contributed by atoms with Gasteiger partial charge in [0.2, 0.25) is 0 Å². The molecule has 0 spiro atoms. The Morgan fingerprint density at radius 1 is 1.10 bits per heavy atom. The number of benzene rings is 2. The zero-order valence-electron chi connectivity index (χ0n) is 12.1. The summed E-state index contributed by atoms with van der Waals surface area (Å²) in [6.45, 7) is 5.93. The van der Waals surface area contributed by atoms with Crippen molar-refractivity contribution in [2.24, 2.45) is 5.41 Å². The van der Waals surface area contributed by atoms with Crippen LogP contribution in [0.3, 0.4) is 0 Å². The minimum Gasteiger partial charge on any atom is -0.460 e. The molecule has 0 bridgehead atoms. The number of hydrogen-bond donors (Lipinski definition) is 0. The number of hydrogen-bond acceptors (Lipinski definition) is 2. The Morgan fingerprint density at radius 3 is 2.60 bits per heavy atom. The summed E-state index contributed by atoms with van der Waals surface area (Å²) in [7, 11) is 0. The molecule has 0 radical (unpaired) electrons. The second-order valence-corrected chi connectivity index (χ2v) is 6.29. The highest BCUT2D eigenvalue weighted by Crippen LogP contribution is 2.32. The van der Waals surface area contributed by atoms with Crippen LogP contribution < -0.4 is 0 Å². The van der Waals surface area contributed by atoms with Gasteiger partial charge in [0, 0.05) is 0 Å². The molecule has 0 N–H and O–H groups in total. The second-order valence-electron chi connectivity index (χ2n) is 6.29. The van der Waals surface area contributed by atoms with Crippen molar-refractivity contribution in [3.8, 4) is 0 Å². The third-order valence-electron chi connectivity index (χ3n) is 3.52. The van der Waals surface area contributed by atoms with E-state index in [4.69, 9.17) is 4.74 Å². The van der Waals surface area contributed by atoms with Crippen molar-refractivity contribution in [1.82, 2.24) is 0 Å². The van der Waals surface area contributed by atoms with Gasteiger partial charge in [-0.15, -0.1) is 0 Å². The molecule has 0 heterocycles. The van der Waals surface area contributed by atoms with Crippen molar-refractivity contribution in [2.45, 2.75) is 27.4 Å². The molecule has 0 aliphatic heterocycles. The molecule has 3 rings (SSSR count). The van der Waals surface area contributed by atoms with Gasteiger partial charge in [0.25, 0.3) is 0 Å². The lowest BCUT2D eigenvalue weighted by Gasteiger charge is -2.17. The molecular formula is C18H18O2. The van der Waals surface area contributed by atoms with Gasteiger partial charge in [-0.3, -0.25) is 4.79 Å². The molecule has 0 fully saturated rings. The van der Waals surface area contributed by atoms with Gasteiger partial charge in [-0.05, 0) is 60.4 Å². The van der Waals surface area contributed by atoms with Crippen LogP contribution in [0.2, 0.25) is 0 Å². The zero-order chi connectivity index (χ0) is 14.3. The van der Waals surface area contributed by atoms with E-state index in [1.54, 1.807) is 0 Å². The van der Waals surface area contributed by atoms with E-state index in [0.29, 0.717) is 6.61 Å². The van der Waals surface area contributed by atoms with Crippen molar-refractivity contribution in [3.63, 3.8) is 0 Å². The van der Waals surface area contributed by atoms with Gasteiger partial charge in [0.1, 0.15) is 6.61 Å². The standard InChI is InChI=1S/C18H18O2/c1-18(2,3)17(19)20-11-12-9-14-6-4-5-13-7-8-15(10-12)16(13)14/h4-10H,11H2,1-3H3. The van der Waals surface area contributed by atoms with Crippen molar-refractivity contribution in [1.29, 1.82) is 0 Å². The number of carbonyl (C=O) groups excluding carboxylic acids is 1. The van der Waals surface area contributed by atoms with Crippen LogP contribution in [0.15, 0.2) is 30.3 Å². The van der Waals surface area contributed by atoms with Gasteiger partial charge in [0.15, 0.2) is 0 Å². The molecule has 20 heavy (non-hydrogen) atoms. The largest absolute Gasteiger partial charge is 0.460 e. The normalized spacial score (nSPS) is 12.9. The van der Waals surface area contributed by atoms with Crippen LogP contribution >= 0.6 is 0 Å². The molecule has 1 aliphatic carbocycles. The molecule has 0 unspecified atom stereocenters. The monoisotopic (exact) mass is 266 g/mol. The first-order valence-electron chi connectivity index (χ1n) is 6.86. The topological polar surface area (TPSA) is 26.3 Å². The average Bonchev–Trinajstić information content (AvgIpc) is 2.80. The highest BCUT2D eigenvalue weighted by atomic mass is 16.5. The average molecular weight is 266 g/mol. The summed E-state index contributed by atoms with van der Waals surface area (Å²) in [6, 6.07) is 10.5. The van der Waals surface area contributed by atoms with E-state index >= 15 is 0 Å². The molecule has 0 saturated carbocycles. The highest BCUT2D eigenvalue weighted by molar-refractivity contribution is 6.05. The summed E-state index contributed by atoms with van der Waals surface area (Å²) in [5.41, 5.74) is 3.05. The molecule has 0 aromatic heterocycles. The van der Waals surface area contributed by atoms with E-state index in [9.17, 15) is 4.79 Å². The molecule has 0 saturated heterocycles. The zero-order valence-corrected chi connectivity index (χ0v) is 12.1. The van der Waals surface area contributed by atoms with Gasteiger partial charge < -0.3 is 4.74 Å². The van der Waals surface area contributed by atoms with Crippen molar-refractivity contribution in [3.05, 3.63) is 47.0 Å². The third kappa shape index (κ3) is 2.22. The molecule has 2 aromatic carbocycles. The summed E-state index contributed by atoms with van der Waals surface area (Å²) in [4.78, 5) is 11.8. The van der Waals surface area contributed by atoms with Crippen LogP contribution in [-0.4, -0.2) is 5.97 Å². The first-order valence-corrected chi connectivity index (χ1v) is 6.86. The molecule has 2 nitrogen and oxygen atoms in total. The molecular weight excluding hydrogens is 248 g/mol. The van der Waals surface area contributed by atoms with Crippen molar-refractivity contribution >= 4 is 28.9 Å². The van der Waals surface area contributed by atoms with Gasteiger partial charge >= 0.3 is 5.97 Å². The molecule has 0 atom stereocenters. The van der Waals surface area contributed by atoms with Crippen LogP contribution in [0.25, 0.3) is 22.9 Å². The van der Waals surface area contributed by atoms with E-state index in [2.05, 4.69) is 42.5 Å². The van der Waals surface area contributed by atoms with E-state index in [1.807, 2.05) is 20.8 Å². The highest BCUT2D eigenvalue weighted by Gasteiger charge is 2.23. The number of esters is 1. The molecule has 1 aliphatic rings. The maximum Gasteiger partial charge on any atom is 0.311 e.